The van der Waals surface area contributed by atoms with E-state index in [4.69, 9.17) is 0 Å². The highest BCUT2D eigenvalue weighted by Gasteiger charge is 2.15. The number of nitrogens with zero attached hydrogens (tertiary/aromatic N) is 2. The number of rotatable bonds is 1. The summed E-state index contributed by atoms with van der Waals surface area (Å²) >= 11 is 0. The van der Waals surface area contributed by atoms with E-state index in [1.165, 1.54) is 0 Å². The third-order valence-electron chi connectivity index (χ3n) is 3.21. The van der Waals surface area contributed by atoms with Gasteiger partial charge in [-0.1, -0.05) is 12.1 Å². The fourth-order valence-electron chi connectivity index (χ4n) is 2.39. The minimum atomic E-state index is -0.303. The molecule has 0 saturated heterocycles. The standard InChI is InChI=1S/C17H18N4O/c1-17(2,3)21-16(22)20-14-10-13-11(6-4-8-18-13)12-7-5-9-19-15(12)14/h4-10H,1-3H3,(H2,20,21,22). The maximum Gasteiger partial charge on any atom is 0.319 e. The quantitative estimate of drug-likeness (QED) is 0.672. The van der Waals surface area contributed by atoms with E-state index in [-0.39, 0.29) is 11.6 Å². The predicted molar refractivity (Wildman–Crippen MR) is 89.0 cm³/mol. The fraction of sp³-hybridized carbons (Fsp3) is 0.235. The van der Waals surface area contributed by atoms with E-state index in [1.54, 1.807) is 12.4 Å². The Morgan fingerprint density at radius 3 is 2.45 bits per heavy atom. The van der Waals surface area contributed by atoms with E-state index in [9.17, 15) is 4.79 Å². The molecule has 0 atom stereocenters. The third kappa shape index (κ3) is 2.83. The highest BCUT2D eigenvalue weighted by Crippen LogP contribution is 2.29. The van der Waals surface area contributed by atoms with Crippen LogP contribution in [0.4, 0.5) is 10.5 Å². The van der Waals surface area contributed by atoms with Gasteiger partial charge in [0.1, 0.15) is 0 Å². The van der Waals surface area contributed by atoms with Gasteiger partial charge in [-0.25, -0.2) is 4.79 Å². The molecule has 3 rings (SSSR count). The normalized spacial score (nSPS) is 11.6. The van der Waals surface area contributed by atoms with Gasteiger partial charge in [0.25, 0.3) is 0 Å². The van der Waals surface area contributed by atoms with Crippen molar-refractivity contribution in [1.82, 2.24) is 15.3 Å². The molecule has 1 aromatic carbocycles. The number of carbonyl (C=O) groups is 1. The van der Waals surface area contributed by atoms with E-state index in [1.807, 2.05) is 51.1 Å². The second kappa shape index (κ2) is 5.26. The molecule has 2 amide bonds. The smallest absolute Gasteiger partial charge is 0.319 e. The number of hydrogen-bond acceptors (Lipinski definition) is 3. The summed E-state index contributed by atoms with van der Waals surface area (Å²) in [5.41, 5.74) is 1.94. The first-order valence-electron chi connectivity index (χ1n) is 7.16. The van der Waals surface area contributed by atoms with Crippen LogP contribution in [-0.4, -0.2) is 21.5 Å². The molecule has 5 nitrogen and oxygen atoms in total. The summed E-state index contributed by atoms with van der Waals surface area (Å²) in [7, 11) is 0. The number of benzene rings is 1. The van der Waals surface area contributed by atoms with Crippen LogP contribution in [-0.2, 0) is 0 Å². The Kier molecular flexibility index (Phi) is 3.41. The molecule has 0 aliphatic rings. The van der Waals surface area contributed by atoms with Crippen LogP contribution in [0.2, 0.25) is 0 Å². The molecule has 0 unspecified atom stereocenters. The van der Waals surface area contributed by atoms with Crippen molar-refractivity contribution in [1.29, 1.82) is 0 Å². The SMILES string of the molecule is CC(C)(C)NC(=O)Nc1cc2ncccc2c2cccnc12. The van der Waals surface area contributed by atoms with Crippen LogP contribution in [0.25, 0.3) is 21.8 Å². The zero-order chi connectivity index (χ0) is 15.7. The van der Waals surface area contributed by atoms with Crippen molar-refractivity contribution in [3.63, 3.8) is 0 Å². The van der Waals surface area contributed by atoms with Crippen molar-refractivity contribution in [3.8, 4) is 0 Å². The molecule has 0 bridgehead atoms. The van der Waals surface area contributed by atoms with Gasteiger partial charge in [0.2, 0.25) is 0 Å². The lowest BCUT2D eigenvalue weighted by Crippen LogP contribution is -2.43. The van der Waals surface area contributed by atoms with E-state index in [0.717, 1.165) is 21.8 Å². The molecule has 2 aromatic heterocycles. The number of carbonyl (C=O) groups excluding carboxylic acids is 1. The number of anilines is 1. The van der Waals surface area contributed by atoms with Crippen LogP contribution in [0.15, 0.2) is 42.7 Å². The Hall–Kier alpha value is -2.69. The Labute approximate surface area is 128 Å². The van der Waals surface area contributed by atoms with Crippen molar-refractivity contribution in [2.24, 2.45) is 0 Å². The molecule has 0 spiro atoms. The summed E-state index contributed by atoms with van der Waals surface area (Å²) in [6.45, 7) is 5.81. The number of urea groups is 1. The highest BCUT2D eigenvalue weighted by molar-refractivity contribution is 6.12. The van der Waals surface area contributed by atoms with Gasteiger partial charge in [0.15, 0.2) is 0 Å². The lowest BCUT2D eigenvalue weighted by molar-refractivity contribution is 0.244. The van der Waals surface area contributed by atoms with Gasteiger partial charge in [0, 0.05) is 28.7 Å². The number of pyridine rings is 2. The first kappa shape index (κ1) is 14.3. The fourth-order valence-corrected chi connectivity index (χ4v) is 2.39. The molecule has 112 valence electrons. The zero-order valence-electron chi connectivity index (χ0n) is 12.8. The van der Waals surface area contributed by atoms with Crippen molar-refractivity contribution in [2.45, 2.75) is 26.3 Å². The van der Waals surface area contributed by atoms with Crippen molar-refractivity contribution < 1.29 is 4.79 Å². The Morgan fingerprint density at radius 1 is 1.05 bits per heavy atom. The monoisotopic (exact) mass is 294 g/mol. The van der Waals surface area contributed by atoms with E-state index >= 15 is 0 Å². The van der Waals surface area contributed by atoms with Crippen LogP contribution in [0.5, 0.6) is 0 Å². The average molecular weight is 294 g/mol. The van der Waals surface area contributed by atoms with Gasteiger partial charge in [0.05, 0.1) is 16.7 Å². The number of nitrogens with one attached hydrogen (secondary N) is 2. The van der Waals surface area contributed by atoms with E-state index < -0.39 is 0 Å². The summed E-state index contributed by atoms with van der Waals surface area (Å²) in [6.07, 6.45) is 3.46. The molecule has 0 fully saturated rings. The van der Waals surface area contributed by atoms with Crippen LogP contribution in [0.3, 0.4) is 0 Å². The molecular weight excluding hydrogens is 276 g/mol. The van der Waals surface area contributed by atoms with Crippen LogP contribution >= 0.6 is 0 Å². The van der Waals surface area contributed by atoms with Crippen molar-refractivity contribution in [3.05, 3.63) is 42.7 Å². The molecule has 0 saturated carbocycles. The summed E-state index contributed by atoms with van der Waals surface area (Å²) < 4.78 is 0. The number of hydrogen-bond donors (Lipinski definition) is 2. The second-order valence-electron chi connectivity index (χ2n) is 6.22. The lowest BCUT2D eigenvalue weighted by Gasteiger charge is -2.21. The van der Waals surface area contributed by atoms with E-state index in [2.05, 4.69) is 20.6 Å². The summed E-state index contributed by atoms with van der Waals surface area (Å²) in [5, 5.41) is 7.76. The zero-order valence-corrected chi connectivity index (χ0v) is 12.8. The molecule has 0 aliphatic heterocycles. The molecule has 0 aliphatic carbocycles. The van der Waals surface area contributed by atoms with Gasteiger partial charge in [-0.2, -0.15) is 0 Å². The number of amides is 2. The summed E-state index contributed by atoms with van der Waals surface area (Å²) in [4.78, 5) is 20.9. The summed E-state index contributed by atoms with van der Waals surface area (Å²) in [5.74, 6) is 0. The topological polar surface area (TPSA) is 66.9 Å². The molecule has 22 heavy (non-hydrogen) atoms. The number of aromatic nitrogens is 2. The predicted octanol–water partition coefficient (Wildman–Crippen LogP) is 3.70. The number of fused-ring (bicyclic) bond motifs is 3. The minimum absolute atomic E-state index is 0.255. The van der Waals surface area contributed by atoms with Crippen molar-refractivity contribution in [2.75, 3.05) is 5.32 Å². The average Bonchev–Trinajstić information content (AvgIpc) is 2.45. The van der Waals surface area contributed by atoms with Gasteiger partial charge in [-0.3, -0.25) is 9.97 Å². The first-order valence-corrected chi connectivity index (χ1v) is 7.16. The summed E-state index contributed by atoms with van der Waals surface area (Å²) in [6, 6.07) is 9.37. The highest BCUT2D eigenvalue weighted by atomic mass is 16.2. The first-order chi connectivity index (χ1) is 10.4. The van der Waals surface area contributed by atoms with Gasteiger partial charge >= 0.3 is 6.03 Å². The maximum atomic E-state index is 12.1. The Morgan fingerprint density at radius 2 is 1.73 bits per heavy atom. The molecule has 3 aromatic rings. The van der Waals surface area contributed by atoms with Crippen LogP contribution in [0, 0.1) is 0 Å². The maximum absolute atomic E-state index is 12.1. The van der Waals surface area contributed by atoms with Gasteiger partial charge in [-0.15, -0.1) is 0 Å². The van der Waals surface area contributed by atoms with Crippen LogP contribution < -0.4 is 10.6 Å². The molecule has 2 heterocycles. The molecule has 0 radical (unpaired) electrons. The van der Waals surface area contributed by atoms with Gasteiger partial charge in [-0.05, 0) is 39.0 Å². The largest absolute Gasteiger partial charge is 0.333 e. The van der Waals surface area contributed by atoms with E-state index in [0.29, 0.717) is 5.69 Å². The Bertz CT molecular complexity index is 852. The minimum Gasteiger partial charge on any atom is -0.333 e. The molecular formula is C17H18N4O. The third-order valence-corrected chi connectivity index (χ3v) is 3.21. The lowest BCUT2D eigenvalue weighted by atomic mass is 10.1. The van der Waals surface area contributed by atoms with Gasteiger partial charge < -0.3 is 10.6 Å². The van der Waals surface area contributed by atoms with Crippen LogP contribution in [0.1, 0.15) is 20.8 Å². The molecule has 2 N–H and O–H groups in total. The second-order valence-corrected chi connectivity index (χ2v) is 6.22. The van der Waals surface area contributed by atoms with Crippen molar-refractivity contribution >= 4 is 33.5 Å². The Balaban J connectivity index is 2.10. The molecule has 5 heteroatoms.